The van der Waals surface area contributed by atoms with Crippen LogP contribution < -0.4 is 5.32 Å². The van der Waals surface area contributed by atoms with Gasteiger partial charge in [-0.25, -0.2) is 4.68 Å². The van der Waals surface area contributed by atoms with Crippen LogP contribution in [0.3, 0.4) is 0 Å². The molecule has 2 fully saturated rings. The molecular weight excluding hydrogens is 438 g/mol. The molecule has 7 heteroatoms. The first-order valence-electron chi connectivity index (χ1n) is 12.6. The van der Waals surface area contributed by atoms with Gasteiger partial charge in [0.05, 0.1) is 0 Å². The molecule has 182 valence electrons. The fourth-order valence-corrected chi connectivity index (χ4v) is 4.83. The molecule has 0 aliphatic carbocycles. The SMILES string of the molecule is Cc1c(/C=C/c2cccnc2)c(C(=O)Nc2ccc(CN3CCCC3)cc2)nn1C1CCCCO1. The van der Waals surface area contributed by atoms with Crippen LogP contribution >= 0.6 is 0 Å². The number of hydrogen-bond acceptors (Lipinski definition) is 5. The van der Waals surface area contributed by atoms with Crippen molar-refractivity contribution in [2.75, 3.05) is 25.0 Å². The zero-order chi connectivity index (χ0) is 24.0. The van der Waals surface area contributed by atoms with Gasteiger partial charge in [-0.15, -0.1) is 0 Å². The summed E-state index contributed by atoms with van der Waals surface area (Å²) in [6.07, 6.45) is 12.9. The lowest BCUT2D eigenvalue weighted by Crippen LogP contribution is -2.21. The number of hydrogen-bond donors (Lipinski definition) is 1. The summed E-state index contributed by atoms with van der Waals surface area (Å²) in [5.41, 5.74) is 5.11. The van der Waals surface area contributed by atoms with Gasteiger partial charge in [0.25, 0.3) is 5.91 Å². The molecule has 3 aromatic rings. The van der Waals surface area contributed by atoms with Crippen LogP contribution in [0, 0.1) is 6.92 Å². The lowest BCUT2D eigenvalue weighted by Gasteiger charge is -2.23. The molecule has 1 unspecified atom stereocenters. The molecule has 1 atom stereocenters. The Bertz CT molecular complexity index is 1160. The molecule has 2 saturated heterocycles. The number of carbonyl (C=O) groups is 1. The number of nitrogens with one attached hydrogen (secondary N) is 1. The van der Waals surface area contributed by atoms with E-state index in [-0.39, 0.29) is 12.1 Å². The van der Waals surface area contributed by atoms with E-state index in [1.807, 2.05) is 48.0 Å². The number of carbonyl (C=O) groups excluding carboxylic acids is 1. The second-order valence-corrected chi connectivity index (χ2v) is 9.37. The molecule has 7 nitrogen and oxygen atoms in total. The summed E-state index contributed by atoms with van der Waals surface area (Å²) in [5, 5.41) is 7.78. The van der Waals surface area contributed by atoms with Gasteiger partial charge in [-0.1, -0.05) is 30.4 Å². The Kier molecular flexibility index (Phi) is 7.35. The van der Waals surface area contributed by atoms with Crippen molar-refractivity contribution in [3.05, 3.63) is 76.9 Å². The van der Waals surface area contributed by atoms with Crippen LogP contribution in [0.4, 0.5) is 5.69 Å². The van der Waals surface area contributed by atoms with Crippen molar-refractivity contribution in [1.29, 1.82) is 0 Å². The molecular formula is C28H33N5O2. The van der Waals surface area contributed by atoms with Gasteiger partial charge in [0.1, 0.15) is 6.23 Å². The summed E-state index contributed by atoms with van der Waals surface area (Å²) in [6.45, 7) is 6.01. The van der Waals surface area contributed by atoms with Crippen LogP contribution in [0.2, 0.25) is 0 Å². The summed E-state index contributed by atoms with van der Waals surface area (Å²) in [7, 11) is 0. The fraction of sp³-hybridized carbons (Fsp3) is 0.393. The summed E-state index contributed by atoms with van der Waals surface area (Å²) in [6, 6.07) is 12.0. The number of ether oxygens (including phenoxy) is 1. The first-order chi connectivity index (χ1) is 17.2. The third-order valence-corrected chi connectivity index (χ3v) is 6.78. The van der Waals surface area contributed by atoms with Crippen LogP contribution in [-0.2, 0) is 11.3 Å². The number of anilines is 1. The van der Waals surface area contributed by atoms with E-state index in [4.69, 9.17) is 9.84 Å². The predicted octanol–water partition coefficient (Wildman–Crippen LogP) is 5.30. The molecule has 2 aliphatic heterocycles. The van der Waals surface area contributed by atoms with Crippen molar-refractivity contribution in [2.45, 2.75) is 51.8 Å². The number of benzene rings is 1. The number of aromatic nitrogens is 3. The average Bonchev–Trinajstić information content (AvgIpc) is 3.53. The maximum absolute atomic E-state index is 13.4. The highest BCUT2D eigenvalue weighted by molar-refractivity contribution is 6.06. The topological polar surface area (TPSA) is 72.3 Å². The summed E-state index contributed by atoms with van der Waals surface area (Å²) >= 11 is 0. The third kappa shape index (κ3) is 5.69. The van der Waals surface area contributed by atoms with Gasteiger partial charge in [0.2, 0.25) is 0 Å². The van der Waals surface area contributed by atoms with Crippen LogP contribution in [0.1, 0.15) is 71.2 Å². The Morgan fingerprint density at radius 2 is 1.94 bits per heavy atom. The van der Waals surface area contributed by atoms with Gasteiger partial charge in [0, 0.05) is 42.5 Å². The molecule has 5 rings (SSSR count). The number of amides is 1. The molecule has 0 saturated carbocycles. The first-order valence-corrected chi connectivity index (χ1v) is 12.6. The third-order valence-electron chi connectivity index (χ3n) is 6.78. The predicted molar refractivity (Wildman–Crippen MR) is 138 cm³/mol. The largest absolute Gasteiger partial charge is 0.357 e. The van der Waals surface area contributed by atoms with Gasteiger partial charge in [-0.2, -0.15) is 5.10 Å². The molecule has 35 heavy (non-hydrogen) atoms. The number of rotatable bonds is 7. The quantitative estimate of drug-likeness (QED) is 0.506. The van der Waals surface area contributed by atoms with Gasteiger partial charge < -0.3 is 10.1 Å². The highest BCUT2D eigenvalue weighted by atomic mass is 16.5. The van der Waals surface area contributed by atoms with E-state index in [0.717, 1.165) is 54.9 Å². The molecule has 2 aliphatic rings. The molecule has 0 bridgehead atoms. The smallest absolute Gasteiger partial charge is 0.276 e. The minimum atomic E-state index is -0.221. The van der Waals surface area contributed by atoms with Gasteiger partial charge >= 0.3 is 0 Å². The molecule has 2 aromatic heterocycles. The fourth-order valence-electron chi connectivity index (χ4n) is 4.83. The monoisotopic (exact) mass is 471 g/mol. The zero-order valence-electron chi connectivity index (χ0n) is 20.3. The van der Waals surface area contributed by atoms with Crippen LogP contribution in [0.25, 0.3) is 12.2 Å². The van der Waals surface area contributed by atoms with Crippen LogP contribution in [-0.4, -0.2) is 45.3 Å². The Labute approximate surface area is 206 Å². The van der Waals surface area contributed by atoms with Crippen molar-refractivity contribution in [1.82, 2.24) is 19.7 Å². The summed E-state index contributed by atoms with van der Waals surface area (Å²) in [4.78, 5) is 20.0. The number of nitrogens with zero attached hydrogens (tertiary/aromatic N) is 4. The van der Waals surface area contributed by atoms with Crippen LogP contribution in [0.15, 0.2) is 48.8 Å². The number of likely N-dealkylation sites (tertiary alicyclic amines) is 1. The lowest BCUT2D eigenvalue weighted by atomic mass is 10.1. The van der Waals surface area contributed by atoms with Crippen molar-refractivity contribution in [2.24, 2.45) is 0 Å². The van der Waals surface area contributed by atoms with Gasteiger partial charge in [0.15, 0.2) is 5.69 Å². The summed E-state index contributed by atoms with van der Waals surface area (Å²) in [5.74, 6) is -0.221. The minimum Gasteiger partial charge on any atom is -0.357 e. The van der Waals surface area contributed by atoms with E-state index < -0.39 is 0 Å². The highest BCUT2D eigenvalue weighted by Gasteiger charge is 2.25. The zero-order valence-corrected chi connectivity index (χ0v) is 20.3. The van der Waals surface area contributed by atoms with E-state index in [9.17, 15) is 4.79 Å². The Hall–Kier alpha value is -3.29. The first kappa shape index (κ1) is 23.5. The van der Waals surface area contributed by atoms with Gasteiger partial charge in [-0.05, 0) is 81.4 Å². The summed E-state index contributed by atoms with van der Waals surface area (Å²) < 4.78 is 7.84. The number of pyridine rings is 1. The molecule has 1 amide bonds. The van der Waals surface area contributed by atoms with E-state index in [1.54, 1.807) is 12.4 Å². The van der Waals surface area contributed by atoms with E-state index in [0.29, 0.717) is 5.69 Å². The molecule has 1 N–H and O–H groups in total. The normalized spacial score (nSPS) is 18.8. The highest BCUT2D eigenvalue weighted by Crippen LogP contribution is 2.28. The van der Waals surface area contributed by atoms with Crippen molar-refractivity contribution < 1.29 is 9.53 Å². The molecule has 1 aromatic carbocycles. The average molecular weight is 472 g/mol. The van der Waals surface area contributed by atoms with E-state index in [2.05, 4.69) is 27.3 Å². The standard InChI is InChI=1S/C28H33N5O2/c1-21-25(14-11-22-7-6-15-29-19-22)27(31-33(21)26-8-2-5-18-35-26)28(34)30-24-12-9-23(10-13-24)20-32-16-3-4-17-32/h6-7,9-15,19,26H,2-5,8,16-18,20H2,1H3,(H,30,34)/b14-11+. The molecule has 0 radical (unpaired) electrons. The van der Waals surface area contributed by atoms with Crippen LogP contribution in [0.5, 0.6) is 0 Å². The van der Waals surface area contributed by atoms with Gasteiger partial charge in [-0.3, -0.25) is 14.7 Å². The Balaban J connectivity index is 1.37. The van der Waals surface area contributed by atoms with E-state index in [1.165, 1.54) is 31.5 Å². The van der Waals surface area contributed by atoms with Crippen molar-refractivity contribution >= 4 is 23.7 Å². The Morgan fingerprint density at radius 3 is 2.66 bits per heavy atom. The van der Waals surface area contributed by atoms with Crippen molar-refractivity contribution in [3.8, 4) is 0 Å². The van der Waals surface area contributed by atoms with E-state index >= 15 is 0 Å². The molecule has 0 spiro atoms. The lowest BCUT2D eigenvalue weighted by molar-refractivity contribution is -0.0407. The second-order valence-electron chi connectivity index (χ2n) is 9.37. The second kappa shape index (κ2) is 11.0. The maximum atomic E-state index is 13.4. The van der Waals surface area contributed by atoms with Crippen molar-refractivity contribution in [3.63, 3.8) is 0 Å². The minimum absolute atomic E-state index is 0.138. The Morgan fingerprint density at radius 1 is 1.11 bits per heavy atom. The maximum Gasteiger partial charge on any atom is 0.276 e. The molecule has 4 heterocycles.